The molecule has 0 fully saturated rings. The first-order valence-corrected chi connectivity index (χ1v) is 7.85. The lowest BCUT2D eigenvalue weighted by atomic mass is 10.1. The van der Waals surface area contributed by atoms with E-state index in [1.54, 1.807) is 0 Å². The summed E-state index contributed by atoms with van der Waals surface area (Å²) in [4.78, 5) is 0. The Morgan fingerprint density at radius 1 is 1.25 bits per heavy atom. The monoisotopic (exact) mass is 339 g/mol. The van der Waals surface area contributed by atoms with Crippen molar-refractivity contribution in [3.8, 4) is 0 Å². The van der Waals surface area contributed by atoms with Gasteiger partial charge in [-0.15, -0.1) is 0 Å². The second-order valence-corrected chi connectivity index (χ2v) is 6.66. The largest absolute Gasteiger partial charge is 0.459 e. The van der Waals surface area contributed by atoms with E-state index < -0.39 is 0 Å². The molecule has 3 nitrogen and oxygen atoms in total. The summed E-state index contributed by atoms with van der Waals surface area (Å²) in [6.45, 7) is 6.86. The Balaban J connectivity index is 1.98. The average molecular weight is 340 g/mol. The molecule has 0 aliphatic rings. The van der Waals surface area contributed by atoms with Crippen molar-refractivity contribution in [3.05, 3.63) is 34.5 Å². The summed E-state index contributed by atoms with van der Waals surface area (Å²) in [7, 11) is 0. The summed E-state index contributed by atoms with van der Waals surface area (Å²) in [5.41, 5.74) is 0.888. The third-order valence-corrected chi connectivity index (χ3v) is 3.82. The van der Waals surface area contributed by atoms with Gasteiger partial charge in [-0.2, -0.15) is 0 Å². The first-order chi connectivity index (χ1) is 9.45. The maximum atomic E-state index is 9.89. The number of benzene rings is 1. The van der Waals surface area contributed by atoms with Gasteiger partial charge >= 0.3 is 0 Å². The minimum absolute atomic E-state index is 0.0861. The molecule has 110 valence electrons. The van der Waals surface area contributed by atoms with E-state index in [9.17, 15) is 5.11 Å². The molecule has 1 heterocycles. The number of halogens is 1. The molecule has 0 bridgehead atoms. The van der Waals surface area contributed by atoms with Gasteiger partial charge < -0.3 is 14.8 Å². The standard InChI is InChI=1S/C16H22BrNO2/c1-10(2)6-14(19)9-18-11(3)16-8-12-7-13(17)4-5-15(12)20-16/h4-5,7-8,10-11,14,18-19H,6,9H2,1-3H3. The Hall–Kier alpha value is -0.840. The van der Waals surface area contributed by atoms with E-state index in [2.05, 4.69) is 42.0 Å². The van der Waals surface area contributed by atoms with Crippen molar-refractivity contribution in [2.45, 2.75) is 39.3 Å². The van der Waals surface area contributed by atoms with Gasteiger partial charge in [0.1, 0.15) is 11.3 Å². The Morgan fingerprint density at radius 3 is 2.70 bits per heavy atom. The molecule has 0 saturated carbocycles. The van der Waals surface area contributed by atoms with Crippen LogP contribution >= 0.6 is 15.9 Å². The minimum Gasteiger partial charge on any atom is -0.459 e. The van der Waals surface area contributed by atoms with Gasteiger partial charge in [-0.25, -0.2) is 0 Å². The van der Waals surface area contributed by atoms with Crippen molar-refractivity contribution >= 4 is 26.9 Å². The lowest BCUT2D eigenvalue weighted by Crippen LogP contribution is -2.29. The predicted octanol–water partition coefficient (Wildman–Crippen LogP) is 4.25. The van der Waals surface area contributed by atoms with Crippen LogP contribution in [-0.2, 0) is 0 Å². The van der Waals surface area contributed by atoms with E-state index in [4.69, 9.17) is 4.42 Å². The first kappa shape index (κ1) is 15.5. The fraction of sp³-hybridized carbons (Fsp3) is 0.500. The highest BCUT2D eigenvalue weighted by molar-refractivity contribution is 9.10. The molecule has 0 saturated heterocycles. The number of fused-ring (bicyclic) bond motifs is 1. The molecule has 2 aromatic rings. The van der Waals surface area contributed by atoms with Crippen LogP contribution in [0.25, 0.3) is 11.0 Å². The van der Waals surface area contributed by atoms with Crippen LogP contribution in [-0.4, -0.2) is 17.8 Å². The maximum absolute atomic E-state index is 9.89. The number of hydrogen-bond donors (Lipinski definition) is 2. The van der Waals surface area contributed by atoms with Gasteiger partial charge in [0, 0.05) is 16.4 Å². The second-order valence-electron chi connectivity index (χ2n) is 5.74. The smallest absolute Gasteiger partial charge is 0.134 e. The molecule has 2 atom stereocenters. The number of rotatable bonds is 6. The van der Waals surface area contributed by atoms with Crippen molar-refractivity contribution in [3.63, 3.8) is 0 Å². The van der Waals surface area contributed by atoms with Gasteiger partial charge in [0.15, 0.2) is 0 Å². The zero-order valence-corrected chi connectivity index (χ0v) is 13.8. The SMILES string of the molecule is CC(C)CC(O)CNC(C)c1cc2cc(Br)ccc2o1. The van der Waals surface area contributed by atoms with E-state index in [-0.39, 0.29) is 12.1 Å². The van der Waals surface area contributed by atoms with E-state index in [1.807, 2.05) is 24.3 Å². The predicted molar refractivity (Wildman–Crippen MR) is 85.8 cm³/mol. The normalized spacial score (nSPS) is 14.9. The summed E-state index contributed by atoms with van der Waals surface area (Å²) in [5.74, 6) is 1.40. The maximum Gasteiger partial charge on any atom is 0.134 e. The number of aliphatic hydroxyl groups is 1. The van der Waals surface area contributed by atoms with Crippen LogP contribution in [0.4, 0.5) is 0 Å². The van der Waals surface area contributed by atoms with Crippen LogP contribution in [0.15, 0.2) is 33.2 Å². The molecule has 0 aliphatic heterocycles. The molecular weight excluding hydrogens is 318 g/mol. The van der Waals surface area contributed by atoms with E-state index in [0.717, 1.165) is 27.6 Å². The lowest BCUT2D eigenvalue weighted by Gasteiger charge is -2.16. The average Bonchev–Trinajstić information content (AvgIpc) is 2.78. The minimum atomic E-state index is -0.309. The van der Waals surface area contributed by atoms with Gasteiger partial charge in [0.2, 0.25) is 0 Å². The molecular formula is C16H22BrNO2. The second kappa shape index (κ2) is 6.74. The number of nitrogens with one attached hydrogen (secondary N) is 1. The zero-order chi connectivity index (χ0) is 14.7. The summed E-state index contributed by atoms with van der Waals surface area (Å²) in [6.07, 6.45) is 0.503. The molecule has 1 aromatic carbocycles. The lowest BCUT2D eigenvalue weighted by molar-refractivity contribution is 0.142. The van der Waals surface area contributed by atoms with Crippen LogP contribution in [0, 0.1) is 5.92 Å². The summed E-state index contributed by atoms with van der Waals surface area (Å²) < 4.78 is 6.88. The van der Waals surface area contributed by atoms with Gasteiger partial charge in [0.05, 0.1) is 12.1 Å². The Labute approximate surface area is 128 Å². The molecule has 2 unspecified atom stereocenters. The van der Waals surface area contributed by atoms with Crippen LogP contribution < -0.4 is 5.32 Å². The van der Waals surface area contributed by atoms with E-state index >= 15 is 0 Å². The fourth-order valence-corrected chi connectivity index (χ4v) is 2.67. The van der Waals surface area contributed by atoms with Crippen LogP contribution in [0.5, 0.6) is 0 Å². The third-order valence-electron chi connectivity index (χ3n) is 3.33. The Bertz CT molecular complexity index is 565. The van der Waals surface area contributed by atoms with Gasteiger partial charge in [-0.05, 0) is 43.5 Å². The van der Waals surface area contributed by atoms with Crippen molar-refractivity contribution in [1.29, 1.82) is 0 Å². The highest BCUT2D eigenvalue weighted by Crippen LogP contribution is 2.26. The molecule has 0 aliphatic carbocycles. The molecule has 20 heavy (non-hydrogen) atoms. The summed E-state index contributed by atoms with van der Waals surface area (Å²) >= 11 is 3.46. The zero-order valence-electron chi connectivity index (χ0n) is 12.2. The van der Waals surface area contributed by atoms with Gasteiger partial charge in [-0.1, -0.05) is 29.8 Å². The number of aliphatic hydroxyl groups excluding tert-OH is 1. The van der Waals surface area contributed by atoms with Crippen molar-refractivity contribution in [2.24, 2.45) is 5.92 Å². The van der Waals surface area contributed by atoms with Crippen LogP contribution in [0.1, 0.15) is 39.0 Å². The molecule has 2 N–H and O–H groups in total. The van der Waals surface area contributed by atoms with Crippen LogP contribution in [0.3, 0.4) is 0 Å². The molecule has 2 rings (SSSR count). The van der Waals surface area contributed by atoms with Crippen molar-refractivity contribution in [2.75, 3.05) is 6.54 Å². The number of furan rings is 1. The highest BCUT2D eigenvalue weighted by Gasteiger charge is 2.14. The van der Waals surface area contributed by atoms with Crippen molar-refractivity contribution in [1.82, 2.24) is 5.32 Å². The summed E-state index contributed by atoms with van der Waals surface area (Å²) in [5, 5.41) is 14.3. The van der Waals surface area contributed by atoms with E-state index in [0.29, 0.717) is 12.5 Å². The molecule has 1 aromatic heterocycles. The Morgan fingerprint density at radius 2 is 2.00 bits per heavy atom. The van der Waals surface area contributed by atoms with Gasteiger partial charge in [-0.3, -0.25) is 0 Å². The van der Waals surface area contributed by atoms with Crippen LogP contribution in [0.2, 0.25) is 0 Å². The van der Waals surface area contributed by atoms with Gasteiger partial charge in [0.25, 0.3) is 0 Å². The first-order valence-electron chi connectivity index (χ1n) is 7.06. The topological polar surface area (TPSA) is 45.4 Å². The number of hydrogen-bond acceptors (Lipinski definition) is 3. The fourth-order valence-electron chi connectivity index (χ4n) is 2.29. The Kier molecular flexibility index (Phi) is 5.24. The summed E-state index contributed by atoms with van der Waals surface area (Å²) in [6, 6.07) is 8.11. The third kappa shape index (κ3) is 4.08. The molecule has 0 radical (unpaired) electrons. The van der Waals surface area contributed by atoms with Crippen molar-refractivity contribution < 1.29 is 9.52 Å². The molecule has 0 amide bonds. The quantitative estimate of drug-likeness (QED) is 0.826. The highest BCUT2D eigenvalue weighted by atomic mass is 79.9. The molecule has 4 heteroatoms. The molecule has 0 spiro atoms. The van der Waals surface area contributed by atoms with E-state index in [1.165, 1.54) is 0 Å².